The largest absolute Gasteiger partial charge is 0.0914 e. The van der Waals surface area contributed by atoms with Crippen molar-refractivity contribution in [1.29, 1.82) is 0 Å². The van der Waals surface area contributed by atoms with Crippen LogP contribution in [-0.2, 0) is 0 Å². The molecule has 2 aromatic rings. The molecular formula is C19H14. The first kappa shape index (κ1) is 10.6. The smallest absolute Gasteiger partial charge is 0.0290 e. The van der Waals surface area contributed by atoms with Gasteiger partial charge < -0.3 is 0 Å². The van der Waals surface area contributed by atoms with E-state index in [-0.39, 0.29) is 0 Å². The molecule has 0 saturated carbocycles. The number of rotatable bonds is 1. The molecular weight excluding hydrogens is 228 g/mol. The topological polar surface area (TPSA) is 0 Å². The lowest BCUT2D eigenvalue weighted by molar-refractivity contribution is 1.13. The maximum Gasteiger partial charge on any atom is 0.0290 e. The van der Waals surface area contributed by atoms with Crippen molar-refractivity contribution in [2.75, 3.05) is 0 Å². The van der Waals surface area contributed by atoms with E-state index >= 15 is 0 Å². The average Bonchev–Trinajstić information content (AvgIpc) is 2.98. The Morgan fingerprint density at radius 1 is 0.895 bits per heavy atom. The summed E-state index contributed by atoms with van der Waals surface area (Å²) in [6.45, 7) is 4.24. The molecule has 2 aliphatic rings. The molecule has 0 bridgehead atoms. The van der Waals surface area contributed by atoms with Crippen LogP contribution < -0.4 is 10.4 Å². The highest BCUT2D eigenvalue weighted by molar-refractivity contribution is 5.88. The number of fused-ring (bicyclic) bond motifs is 2. The van der Waals surface area contributed by atoms with Crippen molar-refractivity contribution in [2.24, 2.45) is 0 Å². The van der Waals surface area contributed by atoms with E-state index in [1.807, 2.05) is 0 Å². The van der Waals surface area contributed by atoms with Crippen molar-refractivity contribution in [3.05, 3.63) is 88.3 Å². The van der Waals surface area contributed by atoms with Gasteiger partial charge >= 0.3 is 0 Å². The molecule has 0 amide bonds. The number of hydrogen-bond donors (Lipinski definition) is 0. The van der Waals surface area contributed by atoms with E-state index in [1.54, 1.807) is 0 Å². The molecule has 0 fully saturated rings. The van der Waals surface area contributed by atoms with E-state index in [4.69, 9.17) is 0 Å². The van der Waals surface area contributed by atoms with E-state index in [0.29, 0.717) is 5.92 Å². The van der Waals surface area contributed by atoms with E-state index in [9.17, 15) is 0 Å². The summed E-state index contributed by atoms with van der Waals surface area (Å²) in [4.78, 5) is 0. The summed E-state index contributed by atoms with van der Waals surface area (Å²) in [7, 11) is 0. The average molecular weight is 242 g/mol. The van der Waals surface area contributed by atoms with Crippen LogP contribution in [0.15, 0.2) is 66.8 Å². The first-order valence-corrected chi connectivity index (χ1v) is 6.62. The van der Waals surface area contributed by atoms with E-state index in [0.717, 1.165) is 5.57 Å². The van der Waals surface area contributed by atoms with Crippen LogP contribution in [0.3, 0.4) is 0 Å². The Hall–Kier alpha value is -2.34. The minimum absolute atomic E-state index is 0.351. The maximum absolute atomic E-state index is 4.24. The fourth-order valence-electron chi connectivity index (χ4n) is 3.18. The Morgan fingerprint density at radius 3 is 2.63 bits per heavy atom. The Morgan fingerprint density at radius 2 is 1.68 bits per heavy atom. The van der Waals surface area contributed by atoms with Gasteiger partial charge in [0.1, 0.15) is 0 Å². The van der Waals surface area contributed by atoms with Gasteiger partial charge in [0, 0.05) is 5.92 Å². The zero-order valence-electron chi connectivity index (χ0n) is 10.6. The van der Waals surface area contributed by atoms with Crippen LogP contribution >= 0.6 is 0 Å². The second kappa shape index (κ2) is 3.83. The lowest BCUT2D eigenvalue weighted by atomic mass is 9.89. The van der Waals surface area contributed by atoms with Crippen LogP contribution in [0.25, 0.3) is 17.7 Å². The predicted octanol–water partition coefficient (Wildman–Crippen LogP) is 3.00. The molecule has 0 saturated heterocycles. The molecule has 0 heteroatoms. The van der Waals surface area contributed by atoms with Gasteiger partial charge in [-0.1, -0.05) is 67.3 Å². The second-order valence-electron chi connectivity index (χ2n) is 5.14. The van der Waals surface area contributed by atoms with Crippen molar-refractivity contribution in [3.63, 3.8) is 0 Å². The molecule has 1 atom stereocenters. The summed E-state index contributed by atoms with van der Waals surface area (Å²) in [5.41, 5.74) is 5.23. The number of hydrogen-bond acceptors (Lipinski definition) is 0. The normalized spacial score (nSPS) is 19.3. The van der Waals surface area contributed by atoms with Crippen molar-refractivity contribution < 1.29 is 0 Å². The first-order chi connectivity index (χ1) is 9.34. The molecule has 19 heavy (non-hydrogen) atoms. The fraction of sp³-hybridized carbons (Fsp3) is 0.0526. The highest BCUT2D eigenvalue weighted by Gasteiger charge is 2.24. The molecule has 2 aromatic carbocycles. The van der Waals surface area contributed by atoms with Crippen molar-refractivity contribution in [1.82, 2.24) is 0 Å². The lowest BCUT2D eigenvalue weighted by Crippen LogP contribution is -2.23. The van der Waals surface area contributed by atoms with E-state index in [2.05, 4.69) is 73.3 Å². The molecule has 0 N–H and O–H groups in total. The Bertz CT molecular complexity index is 834. The van der Waals surface area contributed by atoms with Gasteiger partial charge in [-0.05, 0) is 38.8 Å². The SMILES string of the molecule is C=C1C=c2ccccc2=C1C1C=Cc2ccccc21. The highest BCUT2D eigenvalue weighted by atomic mass is 14.3. The first-order valence-electron chi connectivity index (χ1n) is 6.62. The van der Waals surface area contributed by atoms with Gasteiger partial charge in [-0.25, -0.2) is 0 Å². The van der Waals surface area contributed by atoms with Gasteiger partial charge in [0.2, 0.25) is 0 Å². The van der Waals surface area contributed by atoms with Crippen LogP contribution in [0.2, 0.25) is 0 Å². The van der Waals surface area contributed by atoms with Crippen LogP contribution in [-0.4, -0.2) is 0 Å². The van der Waals surface area contributed by atoms with Crippen molar-refractivity contribution >= 4 is 17.7 Å². The minimum atomic E-state index is 0.351. The van der Waals surface area contributed by atoms with Gasteiger partial charge in [-0.15, -0.1) is 0 Å². The molecule has 0 nitrogen and oxygen atoms in total. The Kier molecular flexibility index (Phi) is 2.13. The summed E-state index contributed by atoms with van der Waals surface area (Å²) in [6.07, 6.45) is 6.71. The van der Waals surface area contributed by atoms with Crippen molar-refractivity contribution in [3.8, 4) is 0 Å². The van der Waals surface area contributed by atoms with Gasteiger partial charge in [-0.3, -0.25) is 0 Å². The van der Waals surface area contributed by atoms with Crippen LogP contribution in [0.1, 0.15) is 17.0 Å². The molecule has 0 aromatic heterocycles. The maximum atomic E-state index is 4.24. The lowest BCUT2D eigenvalue weighted by Gasteiger charge is -2.14. The quantitative estimate of drug-likeness (QED) is 0.721. The summed E-state index contributed by atoms with van der Waals surface area (Å²) >= 11 is 0. The van der Waals surface area contributed by atoms with Gasteiger partial charge in [0.25, 0.3) is 0 Å². The fourth-order valence-corrected chi connectivity index (χ4v) is 3.18. The summed E-state index contributed by atoms with van der Waals surface area (Å²) in [5.74, 6) is 0.351. The Balaban J connectivity index is 2.00. The number of allylic oxidation sites excluding steroid dienone is 2. The molecule has 0 aliphatic heterocycles. The van der Waals surface area contributed by atoms with E-state index in [1.165, 1.54) is 27.1 Å². The molecule has 4 rings (SSSR count). The molecule has 0 heterocycles. The van der Waals surface area contributed by atoms with Crippen molar-refractivity contribution in [2.45, 2.75) is 5.92 Å². The monoisotopic (exact) mass is 242 g/mol. The standard InChI is InChI=1S/C19H14/c1-13-12-15-7-3-5-9-17(15)19(13)18-11-10-14-6-2-4-8-16(14)18/h2-12,18H,1H2. The molecule has 0 spiro atoms. The van der Waals surface area contributed by atoms with Gasteiger partial charge in [0.05, 0.1) is 0 Å². The zero-order valence-corrected chi connectivity index (χ0v) is 10.6. The minimum Gasteiger partial charge on any atom is -0.0914 e. The molecule has 1 unspecified atom stereocenters. The summed E-state index contributed by atoms with van der Waals surface area (Å²) in [6, 6.07) is 17.2. The van der Waals surface area contributed by atoms with E-state index < -0.39 is 0 Å². The third kappa shape index (κ3) is 1.47. The third-order valence-corrected chi connectivity index (χ3v) is 4.04. The van der Waals surface area contributed by atoms with Crippen LogP contribution in [0, 0.1) is 0 Å². The van der Waals surface area contributed by atoms with Gasteiger partial charge in [0.15, 0.2) is 0 Å². The second-order valence-corrected chi connectivity index (χ2v) is 5.14. The molecule has 90 valence electrons. The van der Waals surface area contributed by atoms with Gasteiger partial charge in [-0.2, -0.15) is 0 Å². The molecule has 0 radical (unpaired) electrons. The zero-order chi connectivity index (χ0) is 12.8. The molecule has 2 aliphatic carbocycles. The predicted molar refractivity (Wildman–Crippen MR) is 80.9 cm³/mol. The summed E-state index contributed by atoms with van der Waals surface area (Å²) in [5, 5.41) is 2.62. The van der Waals surface area contributed by atoms with Crippen LogP contribution in [0.4, 0.5) is 0 Å². The van der Waals surface area contributed by atoms with Crippen LogP contribution in [0.5, 0.6) is 0 Å². The summed E-state index contributed by atoms with van der Waals surface area (Å²) < 4.78 is 0. The third-order valence-electron chi connectivity index (χ3n) is 4.04. The highest BCUT2D eigenvalue weighted by Crippen LogP contribution is 2.39. The Labute approximate surface area is 112 Å². The number of benzene rings is 2.